The monoisotopic (exact) mass is 310 g/mol. The minimum absolute atomic E-state index is 0.0470. The average Bonchev–Trinajstić information content (AvgIpc) is 2.46. The Morgan fingerprint density at radius 1 is 1.41 bits per heavy atom. The first-order valence-electron chi connectivity index (χ1n) is 6.96. The molecule has 7 heteroatoms. The molecule has 1 heterocycles. The van der Waals surface area contributed by atoms with Gasteiger partial charge in [0.2, 0.25) is 11.8 Å². The van der Waals surface area contributed by atoms with Crippen LogP contribution in [0.25, 0.3) is 0 Å². The second-order valence-electron chi connectivity index (χ2n) is 5.36. The van der Waals surface area contributed by atoms with Crippen molar-refractivity contribution in [3.05, 3.63) is 30.1 Å². The summed E-state index contributed by atoms with van der Waals surface area (Å²) >= 11 is 0. The number of carbonyl (C=O) groups excluding carboxylic acids is 2. The molecular formula is C15H19FN2O4. The molecule has 1 aromatic rings. The normalized spacial score (nSPS) is 21.5. The molecule has 2 amide bonds. The number of halogens is 1. The van der Waals surface area contributed by atoms with Crippen molar-refractivity contribution in [3.63, 3.8) is 0 Å². The van der Waals surface area contributed by atoms with Crippen LogP contribution in [0.15, 0.2) is 24.3 Å². The Balaban J connectivity index is 2.09. The molecule has 120 valence electrons. The molecule has 0 aromatic heterocycles. The first kappa shape index (κ1) is 16.2. The Labute approximate surface area is 128 Å². The molecule has 6 nitrogen and oxygen atoms in total. The van der Waals surface area contributed by atoms with Crippen LogP contribution in [0.2, 0.25) is 0 Å². The van der Waals surface area contributed by atoms with Crippen LogP contribution in [0.4, 0.5) is 4.39 Å². The zero-order valence-electron chi connectivity index (χ0n) is 12.4. The fourth-order valence-corrected chi connectivity index (χ4v) is 2.42. The minimum atomic E-state index is -0.982. The molecule has 0 spiro atoms. The summed E-state index contributed by atoms with van der Waals surface area (Å²) in [5, 5.41) is 0. The highest BCUT2D eigenvalue weighted by atomic mass is 19.1. The summed E-state index contributed by atoms with van der Waals surface area (Å²) < 4.78 is 24.2. The second kappa shape index (κ2) is 6.74. The quantitative estimate of drug-likeness (QED) is 0.868. The summed E-state index contributed by atoms with van der Waals surface area (Å²) in [7, 11) is 0. The number of carbonyl (C=O) groups is 2. The molecule has 2 N–H and O–H groups in total. The predicted octanol–water partition coefficient (Wildman–Crippen LogP) is 0.697. The number of nitrogens with zero attached hydrogens (tertiary/aromatic N) is 1. The van der Waals surface area contributed by atoms with Crippen LogP contribution in [0.5, 0.6) is 5.75 Å². The number of primary amides is 1. The Morgan fingerprint density at radius 2 is 2.09 bits per heavy atom. The molecule has 1 aliphatic heterocycles. The highest BCUT2D eigenvalue weighted by molar-refractivity contribution is 5.76. The maximum Gasteiger partial charge on any atom is 0.220 e. The molecule has 1 aliphatic rings. The molecule has 1 saturated heterocycles. The number of hydrogen-bond acceptors (Lipinski definition) is 4. The van der Waals surface area contributed by atoms with Gasteiger partial charge in [0.25, 0.3) is 0 Å². The molecule has 1 fully saturated rings. The third kappa shape index (κ3) is 4.17. The zero-order chi connectivity index (χ0) is 16.2. The van der Waals surface area contributed by atoms with Gasteiger partial charge in [-0.2, -0.15) is 0 Å². The Kier molecular flexibility index (Phi) is 4.97. The lowest BCUT2D eigenvalue weighted by Gasteiger charge is -2.41. The van der Waals surface area contributed by atoms with Gasteiger partial charge in [-0.1, -0.05) is 0 Å². The summed E-state index contributed by atoms with van der Waals surface area (Å²) in [5.74, 6) is -0.545. The minimum Gasteiger partial charge on any atom is -0.490 e. The first-order valence-corrected chi connectivity index (χ1v) is 6.96. The third-order valence-corrected chi connectivity index (χ3v) is 3.51. The highest BCUT2D eigenvalue weighted by Gasteiger charge is 2.40. The summed E-state index contributed by atoms with van der Waals surface area (Å²) in [6.45, 7) is 2.50. The molecule has 2 rings (SSSR count). The van der Waals surface area contributed by atoms with Crippen LogP contribution in [0.3, 0.4) is 0 Å². The van der Waals surface area contributed by atoms with E-state index in [2.05, 4.69) is 0 Å². The molecule has 0 unspecified atom stereocenters. The number of amides is 2. The summed E-state index contributed by atoms with van der Waals surface area (Å²) in [6, 6.07) is 5.52. The van der Waals surface area contributed by atoms with E-state index < -0.39 is 11.5 Å². The largest absolute Gasteiger partial charge is 0.490 e. The number of morpholine rings is 1. The Morgan fingerprint density at radius 3 is 2.68 bits per heavy atom. The summed E-state index contributed by atoms with van der Waals surface area (Å²) in [5.41, 5.74) is 4.31. The van der Waals surface area contributed by atoms with Crippen molar-refractivity contribution in [2.75, 3.05) is 26.3 Å². The molecule has 0 saturated carbocycles. The van der Waals surface area contributed by atoms with E-state index in [4.69, 9.17) is 15.2 Å². The van der Waals surface area contributed by atoms with Crippen molar-refractivity contribution >= 4 is 11.8 Å². The van der Waals surface area contributed by atoms with Gasteiger partial charge in [-0.3, -0.25) is 9.59 Å². The fourth-order valence-electron chi connectivity index (χ4n) is 2.42. The SMILES string of the molecule is CC(=O)N1CCO[C@@](COc2ccc(F)cc2)(CC(N)=O)C1. The molecule has 22 heavy (non-hydrogen) atoms. The van der Waals surface area contributed by atoms with Gasteiger partial charge in [-0.05, 0) is 24.3 Å². The summed E-state index contributed by atoms with van der Waals surface area (Å²) in [6.07, 6.45) is -0.0576. The van der Waals surface area contributed by atoms with Crippen molar-refractivity contribution in [2.24, 2.45) is 5.73 Å². The van der Waals surface area contributed by atoms with E-state index in [0.717, 1.165) is 0 Å². The predicted molar refractivity (Wildman–Crippen MR) is 76.6 cm³/mol. The smallest absolute Gasteiger partial charge is 0.220 e. The van der Waals surface area contributed by atoms with E-state index in [9.17, 15) is 14.0 Å². The van der Waals surface area contributed by atoms with Gasteiger partial charge in [0, 0.05) is 13.5 Å². The lowest BCUT2D eigenvalue weighted by molar-refractivity contribution is -0.160. The van der Waals surface area contributed by atoms with Gasteiger partial charge in [0.05, 0.1) is 19.6 Å². The van der Waals surface area contributed by atoms with Crippen molar-refractivity contribution in [3.8, 4) is 5.75 Å². The second-order valence-corrected chi connectivity index (χ2v) is 5.36. The van der Waals surface area contributed by atoms with Gasteiger partial charge < -0.3 is 20.1 Å². The number of nitrogens with two attached hydrogens (primary N) is 1. The topological polar surface area (TPSA) is 81.9 Å². The van der Waals surface area contributed by atoms with Crippen LogP contribution in [0, 0.1) is 5.82 Å². The molecule has 0 aliphatic carbocycles. The molecule has 1 atom stereocenters. The van der Waals surface area contributed by atoms with E-state index in [-0.39, 0.29) is 31.3 Å². The first-order chi connectivity index (χ1) is 10.4. The van der Waals surface area contributed by atoms with Crippen LogP contribution < -0.4 is 10.5 Å². The van der Waals surface area contributed by atoms with Crippen LogP contribution in [-0.2, 0) is 14.3 Å². The van der Waals surface area contributed by atoms with Gasteiger partial charge >= 0.3 is 0 Å². The Bertz CT molecular complexity index is 549. The van der Waals surface area contributed by atoms with E-state index in [0.29, 0.717) is 18.9 Å². The summed E-state index contributed by atoms with van der Waals surface area (Å²) in [4.78, 5) is 24.5. The maximum absolute atomic E-state index is 12.9. The van der Waals surface area contributed by atoms with Crippen molar-refractivity contribution < 1.29 is 23.5 Å². The van der Waals surface area contributed by atoms with E-state index in [1.807, 2.05) is 0 Å². The van der Waals surface area contributed by atoms with Gasteiger partial charge in [-0.15, -0.1) is 0 Å². The fraction of sp³-hybridized carbons (Fsp3) is 0.467. The van der Waals surface area contributed by atoms with E-state index >= 15 is 0 Å². The number of benzene rings is 1. The number of rotatable bonds is 5. The van der Waals surface area contributed by atoms with Crippen LogP contribution >= 0.6 is 0 Å². The lowest BCUT2D eigenvalue weighted by atomic mass is 9.97. The standard InChI is InChI=1S/C15H19FN2O4/c1-11(19)18-6-7-22-15(9-18,8-14(17)20)10-21-13-4-2-12(16)3-5-13/h2-5H,6-10H2,1H3,(H2,17,20)/t15-/m0/s1. The van der Waals surface area contributed by atoms with E-state index in [1.165, 1.54) is 31.2 Å². The highest BCUT2D eigenvalue weighted by Crippen LogP contribution is 2.24. The van der Waals surface area contributed by atoms with Crippen molar-refractivity contribution in [2.45, 2.75) is 18.9 Å². The third-order valence-electron chi connectivity index (χ3n) is 3.51. The van der Waals surface area contributed by atoms with E-state index in [1.54, 1.807) is 4.90 Å². The molecule has 0 bridgehead atoms. The Hall–Kier alpha value is -2.15. The lowest BCUT2D eigenvalue weighted by Crippen LogP contribution is -2.57. The van der Waals surface area contributed by atoms with Crippen molar-refractivity contribution in [1.29, 1.82) is 0 Å². The number of hydrogen-bond donors (Lipinski definition) is 1. The maximum atomic E-state index is 12.9. The zero-order valence-corrected chi connectivity index (χ0v) is 12.4. The van der Waals surface area contributed by atoms with Crippen LogP contribution in [-0.4, -0.2) is 48.6 Å². The van der Waals surface area contributed by atoms with Crippen molar-refractivity contribution in [1.82, 2.24) is 4.90 Å². The van der Waals surface area contributed by atoms with Crippen LogP contribution in [0.1, 0.15) is 13.3 Å². The van der Waals surface area contributed by atoms with Gasteiger partial charge in [0.15, 0.2) is 0 Å². The van der Waals surface area contributed by atoms with Gasteiger partial charge in [-0.25, -0.2) is 4.39 Å². The molecular weight excluding hydrogens is 291 g/mol. The molecule has 0 radical (unpaired) electrons. The average molecular weight is 310 g/mol. The van der Waals surface area contributed by atoms with Gasteiger partial charge in [0.1, 0.15) is 23.8 Å². The molecule has 1 aromatic carbocycles. The number of ether oxygens (including phenoxy) is 2.